The molecular formula is C19H21NO2S. The van der Waals surface area contributed by atoms with E-state index in [2.05, 4.69) is 17.4 Å². The number of methoxy groups -OCH3 is 1. The first-order chi connectivity index (χ1) is 11.2. The summed E-state index contributed by atoms with van der Waals surface area (Å²) in [5.74, 6) is 0.557. The molecule has 0 radical (unpaired) electrons. The van der Waals surface area contributed by atoms with Crippen LogP contribution in [-0.2, 0) is 0 Å². The van der Waals surface area contributed by atoms with E-state index < -0.39 is 0 Å². The monoisotopic (exact) mass is 327 g/mol. The molecule has 4 heteroatoms. The van der Waals surface area contributed by atoms with Crippen LogP contribution in [-0.4, -0.2) is 18.3 Å². The van der Waals surface area contributed by atoms with Gasteiger partial charge in [-0.15, -0.1) is 11.8 Å². The molecule has 1 aliphatic carbocycles. The summed E-state index contributed by atoms with van der Waals surface area (Å²) in [5, 5.41) is 3.68. The van der Waals surface area contributed by atoms with Crippen LogP contribution in [0.15, 0.2) is 53.4 Å². The zero-order valence-electron chi connectivity index (χ0n) is 13.2. The van der Waals surface area contributed by atoms with E-state index in [9.17, 15) is 4.79 Å². The van der Waals surface area contributed by atoms with Gasteiger partial charge in [0.1, 0.15) is 5.75 Å². The van der Waals surface area contributed by atoms with E-state index in [1.165, 1.54) is 30.6 Å². The number of nitrogens with one attached hydrogen (secondary N) is 1. The number of carbonyl (C=O) groups excluding carboxylic acids is 1. The largest absolute Gasteiger partial charge is 0.497 e. The minimum absolute atomic E-state index is 0.125. The van der Waals surface area contributed by atoms with Gasteiger partial charge in [-0.05, 0) is 55.3 Å². The first kappa shape index (κ1) is 15.9. The minimum atomic E-state index is -0.125. The molecule has 1 amide bonds. The van der Waals surface area contributed by atoms with Crippen molar-refractivity contribution in [1.82, 2.24) is 0 Å². The van der Waals surface area contributed by atoms with Crippen molar-refractivity contribution in [3.63, 3.8) is 0 Å². The number of anilines is 1. The Morgan fingerprint density at radius 2 is 1.87 bits per heavy atom. The van der Waals surface area contributed by atoms with Crippen LogP contribution >= 0.6 is 11.8 Å². The Morgan fingerprint density at radius 1 is 1.13 bits per heavy atom. The standard InChI is InChI=1S/C19H21NO2S/c1-22-16-6-4-5-14(13-16)19(21)20-15-9-11-18(12-10-15)23-17-7-2-3-8-17/h4-6,9-13,17H,2-3,7-8H2,1H3,(H,20,21). The quantitative estimate of drug-likeness (QED) is 0.841. The van der Waals surface area contributed by atoms with Gasteiger partial charge >= 0.3 is 0 Å². The fourth-order valence-electron chi connectivity index (χ4n) is 2.78. The minimum Gasteiger partial charge on any atom is -0.497 e. The zero-order chi connectivity index (χ0) is 16.1. The van der Waals surface area contributed by atoms with Gasteiger partial charge in [-0.3, -0.25) is 4.79 Å². The number of rotatable bonds is 5. The normalized spacial score (nSPS) is 14.7. The molecular weight excluding hydrogens is 306 g/mol. The van der Waals surface area contributed by atoms with Gasteiger partial charge in [0.15, 0.2) is 0 Å². The molecule has 0 unspecified atom stereocenters. The van der Waals surface area contributed by atoms with Gasteiger partial charge in [0, 0.05) is 21.4 Å². The van der Waals surface area contributed by atoms with Crippen molar-refractivity contribution in [3.05, 3.63) is 54.1 Å². The second kappa shape index (κ2) is 7.55. The molecule has 120 valence electrons. The third kappa shape index (κ3) is 4.29. The van der Waals surface area contributed by atoms with Crippen molar-refractivity contribution < 1.29 is 9.53 Å². The molecule has 3 rings (SSSR count). The van der Waals surface area contributed by atoms with Crippen LogP contribution in [0.2, 0.25) is 0 Å². The molecule has 0 bridgehead atoms. The molecule has 2 aromatic carbocycles. The maximum Gasteiger partial charge on any atom is 0.255 e. The van der Waals surface area contributed by atoms with Crippen LogP contribution in [0.25, 0.3) is 0 Å². The van der Waals surface area contributed by atoms with Crippen LogP contribution < -0.4 is 10.1 Å². The lowest BCUT2D eigenvalue weighted by Crippen LogP contribution is -2.11. The number of thioether (sulfide) groups is 1. The highest BCUT2D eigenvalue weighted by molar-refractivity contribution is 8.00. The lowest BCUT2D eigenvalue weighted by molar-refractivity contribution is 0.102. The van der Waals surface area contributed by atoms with E-state index in [4.69, 9.17) is 4.74 Å². The SMILES string of the molecule is COc1cccc(C(=O)Nc2ccc(SC3CCCC3)cc2)c1. The Morgan fingerprint density at radius 3 is 2.57 bits per heavy atom. The van der Waals surface area contributed by atoms with Gasteiger partial charge in [0.2, 0.25) is 0 Å². The zero-order valence-corrected chi connectivity index (χ0v) is 14.1. The Bertz CT molecular complexity index is 663. The van der Waals surface area contributed by atoms with Crippen molar-refractivity contribution in [2.45, 2.75) is 35.8 Å². The maximum absolute atomic E-state index is 12.3. The molecule has 0 aliphatic heterocycles. The Balaban J connectivity index is 1.61. The predicted octanol–water partition coefficient (Wildman–Crippen LogP) is 4.98. The lowest BCUT2D eigenvalue weighted by atomic mass is 10.2. The topological polar surface area (TPSA) is 38.3 Å². The summed E-state index contributed by atoms with van der Waals surface area (Å²) in [6, 6.07) is 15.3. The maximum atomic E-state index is 12.3. The number of hydrogen-bond donors (Lipinski definition) is 1. The van der Waals surface area contributed by atoms with Gasteiger partial charge in [0.25, 0.3) is 5.91 Å². The van der Waals surface area contributed by atoms with E-state index in [1.54, 1.807) is 19.2 Å². The summed E-state index contributed by atoms with van der Waals surface area (Å²) in [4.78, 5) is 13.5. The van der Waals surface area contributed by atoms with Crippen molar-refractivity contribution in [3.8, 4) is 5.75 Å². The molecule has 0 atom stereocenters. The Hall–Kier alpha value is -1.94. The third-order valence-electron chi connectivity index (χ3n) is 4.05. The predicted molar refractivity (Wildman–Crippen MR) is 95.5 cm³/mol. The van der Waals surface area contributed by atoms with E-state index in [1.807, 2.05) is 36.0 Å². The van der Waals surface area contributed by atoms with Crippen LogP contribution in [0, 0.1) is 0 Å². The van der Waals surface area contributed by atoms with Crippen LogP contribution in [0.4, 0.5) is 5.69 Å². The number of hydrogen-bond acceptors (Lipinski definition) is 3. The van der Waals surface area contributed by atoms with Gasteiger partial charge in [-0.1, -0.05) is 18.9 Å². The number of ether oxygens (including phenoxy) is 1. The highest BCUT2D eigenvalue weighted by atomic mass is 32.2. The number of carbonyl (C=O) groups is 1. The van der Waals surface area contributed by atoms with Crippen molar-refractivity contribution in [2.75, 3.05) is 12.4 Å². The molecule has 1 N–H and O–H groups in total. The molecule has 2 aromatic rings. The van der Waals surface area contributed by atoms with E-state index in [0.29, 0.717) is 11.3 Å². The highest BCUT2D eigenvalue weighted by Crippen LogP contribution is 2.35. The molecule has 0 spiro atoms. The summed E-state index contributed by atoms with van der Waals surface area (Å²) in [6.07, 6.45) is 5.34. The summed E-state index contributed by atoms with van der Waals surface area (Å²) in [6.45, 7) is 0. The molecule has 0 saturated heterocycles. The molecule has 1 aliphatic rings. The average Bonchev–Trinajstić information content (AvgIpc) is 3.09. The second-order valence-electron chi connectivity index (χ2n) is 5.73. The van der Waals surface area contributed by atoms with Gasteiger partial charge < -0.3 is 10.1 Å². The molecule has 0 heterocycles. The van der Waals surface area contributed by atoms with E-state index in [0.717, 1.165) is 10.9 Å². The lowest BCUT2D eigenvalue weighted by Gasteiger charge is -2.10. The first-order valence-electron chi connectivity index (χ1n) is 7.97. The molecule has 23 heavy (non-hydrogen) atoms. The van der Waals surface area contributed by atoms with Crippen molar-refractivity contribution in [1.29, 1.82) is 0 Å². The van der Waals surface area contributed by atoms with E-state index >= 15 is 0 Å². The summed E-state index contributed by atoms with van der Waals surface area (Å²) >= 11 is 1.95. The van der Waals surface area contributed by atoms with Crippen molar-refractivity contribution in [2.24, 2.45) is 0 Å². The average molecular weight is 327 g/mol. The Kier molecular flexibility index (Phi) is 5.23. The van der Waals surface area contributed by atoms with Crippen molar-refractivity contribution >= 4 is 23.4 Å². The number of benzene rings is 2. The van der Waals surface area contributed by atoms with Gasteiger partial charge in [0.05, 0.1) is 7.11 Å². The molecule has 1 saturated carbocycles. The summed E-state index contributed by atoms with van der Waals surface area (Å²) < 4.78 is 5.15. The Labute approximate surface area is 141 Å². The van der Waals surface area contributed by atoms with Crippen LogP contribution in [0.3, 0.4) is 0 Å². The molecule has 3 nitrogen and oxygen atoms in total. The van der Waals surface area contributed by atoms with Crippen LogP contribution in [0.1, 0.15) is 36.0 Å². The van der Waals surface area contributed by atoms with Gasteiger partial charge in [-0.25, -0.2) is 0 Å². The first-order valence-corrected chi connectivity index (χ1v) is 8.85. The van der Waals surface area contributed by atoms with E-state index in [-0.39, 0.29) is 5.91 Å². The molecule has 1 fully saturated rings. The summed E-state index contributed by atoms with van der Waals surface area (Å²) in [5.41, 5.74) is 1.40. The smallest absolute Gasteiger partial charge is 0.255 e. The second-order valence-corrected chi connectivity index (χ2v) is 7.11. The van der Waals surface area contributed by atoms with Crippen LogP contribution in [0.5, 0.6) is 5.75 Å². The van der Waals surface area contributed by atoms with Gasteiger partial charge in [-0.2, -0.15) is 0 Å². The molecule has 0 aromatic heterocycles. The summed E-state index contributed by atoms with van der Waals surface area (Å²) in [7, 11) is 1.59. The highest BCUT2D eigenvalue weighted by Gasteiger charge is 2.16. The fourth-order valence-corrected chi connectivity index (χ4v) is 4.03. The third-order valence-corrected chi connectivity index (χ3v) is 5.40. The number of amides is 1. The fraction of sp³-hybridized carbons (Fsp3) is 0.316.